The lowest BCUT2D eigenvalue weighted by atomic mass is 10.2. The zero-order valence-corrected chi connectivity index (χ0v) is 18.8. The number of ether oxygens (including phenoxy) is 1. The average Bonchev–Trinajstić information content (AvgIpc) is 2.67. The second-order valence-corrected chi connectivity index (χ2v) is 9.18. The Bertz CT molecular complexity index is 805. The molecule has 1 aliphatic rings. The molecule has 0 aromatic heterocycles. The van der Waals surface area contributed by atoms with Crippen LogP contribution in [-0.4, -0.2) is 71.3 Å². The molecule has 0 atom stereocenters. The van der Waals surface area contributed by atoms with Gasteiger partial charge in [0.1, 0.15) is 5.60 Å². The Hall–Kier alpha value is -2.33. The Morgan fingerprint density at radius 1 is 1.20 bits per heavy atom. The number of anilines is 2. The Morgan fingerprint density at radius 3 is 2.30 bits per heavy atom. The summed E-state index contributed by atoms with van der Waals surface area (Å²) < 4.78 is 43.1. The Balaban J connectivity index is 2.01. The van der Waals surface area contributed by atoms with E-state index in [0.717, 1.165) is 36.2 Å². The molecule has 1 saturated heterocycles. The SMILES string of the molecule is CN1CCN(c2ccc(N(C/C(=C/F)CNC(=O)OC(C)(C)C)[SH](=O)=O)cc2)CC1. The second kappa shape index (κ2) is 10.6. The first-order valence-corrected chi connectivity index (χ1v) is 10.9. The van der Waals surface area contributed by atoms with Crippen molar-refractivity contribution in [3.05, 3.63) is 36.2 Å². The second-order valence-electron chi connectivity index (χ2n) is 8.23. The summed E-state index contributed by atoms with van der Waals surface area (Å²) in [5.41, 5.74) is 0.865. The number of nitrogens with zero attached hydrogens (tertiary/aromatic N) is 3. The highest BCUT2D eigenvalue weighted by Crippen LogP contribution is 2.23. The normalized spacial score (nSPS) is 15.9. The number of rotatable bonds is 7. The van der Waals surface area contributed by atoms with Gasteiger partial charge in [-0.3, -0.25) is 4.31 Å². The van der Waals surface area contributed by atoms with Gasteiger partial charge in [0.15, 0.2) is 0 Å². The van der Waals surface area contributed by atoms with Crippen molar-refractivity contribution in [1.82, 2.24) is 10.2 Å². The van der Waals surface area contributed by atoms with Crippen LogP contribution in [0.4, 0.5) is 20.6 Å². The summed E-state index contributed by atoms with van der Waals surface area (Å²) in [6, 6.07) is 7.14. The third-order valence-electron chi connectivity index (χ3n) is 4.58. The van der Waals surface area contributed by atoms with Gasteiger partial charge in [0, 0.05) is 38.4 Å². The molecule has 1 N–H and O–H groups in total. The molecule has 1 aliphatic heterocycles. The summed E-state index contributed by atoms with van der Waals surface area (Å²) in [7, 11) is -0.915. The highest BCUT2D eigenvalue weighted by molar-refractivity contribution is 7.74. The van der Waals surface area contributed by atoms with Gasteiger partial charge in [0.2, 0.25) is 10.9 Å². The number of benzene rings is 1. The molecule has 0 unspecified atom stereocenters. The van der Waals surface area contributed by atoms with Gasteiger partial charge in [0.25, 0.3) is 0 Å². The van der Waals surface area contributed by atoms with E-state index in [1.807, 2.05) is 12.1 Å². The monoisotopic (exact) mass is 442 g/mol. The lowest BCUT2D eigenvalue weighted by Crippen LogP contribution is -2.44. The number of thiol groups is 1. The lowest BCUT2D eigenvalue weighted by Gasteiger charge is -2.34. The van der Waals surface area contributed by atoms with E-state index in [0.29, 0.717) is 12.0 Å². The summed E-state index contributed by atoms with van der Waals surface area (Å²) >= 11 is 0. The summed E-state index contributed by atoms with van der Waals surface area (Å²) in [5.74, 6) is 0. The van der Waals surface area contributed by atoms with E-state index in [9.17, 15) is 17.6 Å². The van der Waals surface area contributed by atoms with Crippen molar-refractivity contribution in [2.24, 2.45) is 0 Å². The van der Waals surface area contributed by atoms with Gasteiger partial charge in [-0.25, -0.2) is 17.6 Å². The molecule has 1 aromatic carbocycles. The molecule has 30 heavy (non-hydrogen) atoms. The zero-order valence-electron chi connectivity index (χ0n) is 17.9. The van der Waals surface area contributed by atoms with Gasteiger partial charge in [-0.15, -0.1) is 0 Å². The number of hydrogen-bond donors (Lipinski definition) is 2. The standard InChI is InChI=1S/C20H31FN4O4S/c1-20(2,3)29-19(26)22-14-16(13-21)15-25(30(27)28)18-7-5-17(6-8-18)24-11-9-23(4)10-12-24/h5-8,13,30H,9-12,14-15H2,1-4H3,(H,22,26)/b16-13+. The van der Waals surface area contributed by atoms with E-state index < -0.39 is 22.6 Å². The van der Waals surface area contributed by atoms with Gasteiger partial charge >= 0.3 is 6.09 Å². The number of amides is 1. The Labute approximate surface area is 179 Å². The Morgan fingerprint density at radius 2 is 1.80 bits per heavy atom. The molecule has 2 rings (SSSR count). The minimum atomic E-state index is -3.00. The summed E-state index contributed by atoms with van der Waals surface area (Å²) in [6.07, 6.45) is -0.390. The molecule has 0 saturated carbocycles. The Kier molecular flexibility index (Phi) is 8.48. The van der Waals surface area contributed by atoms with Crippen molar-refractivity contribution < 1.29 is 22.3 Å². The van der Waals surface area contributed by atoms with Crippen LogP contribution in [0.2, 0.25) is 0 Å². The fourth-order valence-corrected chi connectivity index (χ4v) is 3.58. The number of carbonyl (C=O) groups excluding carboxylic acids is 1. The van der Waals surface area contributed by atoms with E-state index in [1.165, 1.54) is 0 Å². The predicted octanol–water partition coefficient (Wildman–Crippen LogP) is 2.15. The minimum absolute atomic E-state index is 0.100. The van der Waals surface area contributed by atoms with Gasteiger partial charge in [0.05, 0.1) is 18.6 Å². The van der Waals surface area contributed by atoms with Gasteiger partial charge in [-0.05, 0) is 57.7 Å². The van der Waals surface area contributed by atoms with Crippen LogP contribution in [0.15, 0.2) is 36.2 Å². The molecule has 0 spiro atoms. The van der Waals surface area contributed by atoms with Crippen molar-refractivity contribution in [2.75, 3.05) is 55.5 Å². The van der Waals surface area contributed by atoms with Crippen LogP contribution in [0.25, 0.3) is 0 Å². The fraction of sp³-hybridized carbons (Fsp3) is 0.550. The summed E-state index contributed by atoms with van der Waals surface area (Å²) in [5, 5.41) is 2.44. The molecule has 0 bridgehead atoms. The highest BCUT2D eigenvalue weighted by atomic mass is 32.2. The van der Waals surface area contributed by atoms with Crippen LogP contribution in [-0.2, 0) is 15.6 Å². The summed E-state index contributed by atoms with van der Waals surface area (Å²) in [6.45, 7) is 8.52. The lowest BCUT2D eigenvalue weighted by molar-refractivity contribution is 0.0532. The van der Waals surface area contributed by atoms with E-state index in [1.54, 1.807) is 32.9 Å². The van der Waals surface area contributed by atoms with Crippen LogP contribution in [0.3, 0.4) is 0 Å². The molecule has 1 heterocycles. The van der Waals surface area contributed by atoms with E-state index in [2.05, 4.69) is 22.2 Å². The van der Waals surface area contributed by atoms with Crippen LogP contribution >= 0.6 is 0 Å². The maximum Gasteiger partial charge on any atom is 0.407 e. The topological polar surface area (TPSA) is 82.2 Å². The molecule has 10 heteroatoms. The van der Waals surface area contributed by atoms with Gasteiger partial charge in [-0.2, -0.15) is 0 Å². The molecule has 1 amide bonds. The first-order chi connectivity index (χ1) is 14.1. The molecule has 0 radical (unpaired) electrons. The number of halogens is 1. The van der Waals surface area contributed by atoms with E-state index >= 15 is 0 Å². The van der Waals surface area contributed by atoms with Crippen molar-refractivity contribution in [3.63, 3.8) is 0 Å². The van der Waals surface area contributed by atoms with Crippen LogP contribution < -0.4 is 14.5 Å². The number of piperazine rings is 1. The number of hydrogen-bond acceptors (Lipinski definition) is 6. The van der Waals surface area contributed by atoms with Gasteiger partial charge < -0.3 is 19.9 Å². The van der Waals surface area contributed by atoms with Crippen LogP contribution in [0.5, 0.6) is 0 Å². The molecule has 1 fully saturated rings. The number of alkyl carbamates (subject to hydrolysis) is 1. The third kappa shape index (κ3) is 7.49. The first kappa shape index (κ1) is 23.9. The minimum Gasteiger partial charge on any atom is -0.444 e. The first-order valence-electron chi connectivity index (χ1n) is 9.79. The third-order valence-corrected chi connectivity index (χ3v) is 5.35. The number of likely N-dealkylation sites (N-methyl/N-ethyl adjacent to an activating group) is 1. The van der Waals surface area contributed by atoms with E-state index in [-0.39, 0.29) is 18.7 Å². The van der Waals surface area contributed by atoms with Crippen molar-refractivity contribution >= 4 is 28.4 Å². The van der Waals surface area contributed by atoms with Crippen molar-refractivity contribution in [1.29, 1.82) is 0 Å². The quantitative estimate of drug-likeness (QED) is 0.630. The van der Waals surface area contributed by atoms with Gasteiger partial charge in [-0.1, -0.05) is 0 Å². The smallest absolute Gasteiger partial charge is 0.407 e. The van der Waals surface area contributed by atoms with Crippen LogP contribution in [0.1, 0.15) is 20.8 Å². The molecule has 8 nitrogen and oxygen atoms in total. The zero-order chi connectivity index (χ0) is 22.3. The summed E-state index contributed by atoms with van der Waals surface area (Å²) in [4.78, 5) is 16.2. The molecule has 0 aliphatic carbocycles. The maximum atomic E-state index is 13.3. The molecule has 1 aromatic rings. The van der Waals surface area contributed by atoms with E-state index in [4.69, 9.17) is 4.74 Å². The highest BCUT2D eigenvalue weighted by Gasteiger charge is 2.18. The number of nitrogens with one attached hydrogen (secondary N) is 1. The average molecular weight is 443 g/mol. The van der Waals surface area contributed by atoms with Crippen molar-refractivity contribution in [3.8, 4) is 0 Å². The van der Waals surface area contributed by atoms with Crippen molar-refractivity contribution in [2.45, 2.75) is 26.4 Å². The maximum absolute atomic E-state index is 13.3. The molecular formula is C20H31FN4O4S. The fourth-order valence-electron chi connectivity index (χ4n) is 2.96. The van der Waals surface area contributed by atoms with Crippen LogP contribution in [0, 0.1) is 0 Å². The largest absolute Gasteiger partial charge is 0.444 e. The molecular weight excluding hydrogens is 411 g/mol. The number of carbonyl (C=O) groups is 1. The predicted molar refractivity (Wildman–Crippen MR) is 117 cm³/mol. The molecule has 168 valence electrons.